The summed E-state index contributed by atoms with van der Waals surface area (Å²) in [5, 5.41) is 3.16. The highest BCUT2D eigenvalue weighted by molar-refractivity contribution is 5.76. The molecule has 2 aliphatic rings. The molecule has 4 heteroatoms. The summed E-state index contributed by atoms with van der Waals surface area (Å²) < 4.78 is 11.1. The van der Waals surface area contributed by atoms with Gasteiger partial charge in [-0.2, -0.15) is 0 Å². The van der Waals surface area contributed by atoms with Crippen LogP contribution in [-0.4, -0.2) is 37.9 Å². The molecule has 0 aromatic rings. The monoisotopic (exact) mass is 297 g/mol. The molecule has 21 heavy (non-hydrogen) atoms. The van der Waals surface area contributed by atoms with E-state index >= 15 is 0 Å². The average Bonchev–Trinajstić information content (AvgIpc) is 2.48. The van der Waals surface area contributed by atoms with E-state index in [1.54, 1.807) is 0 Å². The SMILES string of the molecule is C[C@@H]1CCC[C@H]([C@@H](C)NC(=O)CCOC2CCOCC2)C1. The molecule has 0 unspecified atom stereocenters. The van der Waals surface area contributed by atoms with E-state index in [2.05, 4.69) is 19.2 Å². The predicted molar refractivity (Wildman–Crippen MR) is 83.1 cm³/mol. The van der Waals surface area contributed by atoms with Crippen molar-refractivity contribution in [1.29, 1.82) is 0 Å². The van der Waals surface area contributed by atoms with E-state index in [4.69, 9.17) is 9.47 Å². The molecule has 122 valence electrons. The summed E-state index contributed by atoms with van der Waals surface area (Å²) >= 11 is 0. The van der Waals surface area contributed by atoms with Gasteiger partial charge < -0.3 is 14.8 Å². The maximum atomic E-state index is 12.0. The highest BCUT2D eigenvalue weighted by Gasteiger charge is 2.24. The first-order valence-corrected chi connectivity index (χ1v) is 8.64. The number of carbonyl (C=O) groups is 1. The molecule has 0 spiro atoms. The Balaban J connectivity index is 1.59. The molecule has 1 saturated carbocycles. The molecule has 4 nitrogen and oxygen atoms in total. The van der Waals surface area contributed by atoms with Crippen molar-refractivity contribution >= 4 is 5.91 Å². The Bertz CT molecular complexity index is 315. The number of nitrogens with one attached hydrogen (secondary N) is 1. The fraction of sp³-hybridized carbons (Fsp3) is 0.941. The predicted octanol–water partition coefficient (Wildman–Crippen LogP) is 2.90. The summed E-state index contributed by atoms with van der Waals surface area (Å²) in [6.45, 7) is 6.58. The Kier molecular flexibility index (Phi) is 6.97. The van der Waals surface area contributed by atoms with Gasteiger partial charge in [-0.3, -0.25) is 4.79 Å². The highest BCUT2D eigenvalue weighted by Crippen LogP contribution is 2.30. The zero-order valence-electron chi connectivity index (χ0n) is 13.6. The number of hydrogen-bond donors (Lipinski definition) is 1. The minimum absolute atomic E-state index is 0.132. The summed E-state index contributed by atoms with van der Waals surface area (Å²) in [6, 6.07) is 0.295. The first kappa shape index (κ1) is 16.8. The Labute approximate surface area is 129 Å². The van der Waals surface area contributed by atoms with Crippen molar-refractivity contribution in [3.63, 3.8) is 0 Å². The van der Waals surface area contributed by atoms with Crippen molar-refractivity contribution in [2.24, 2.45) is 11.8 Å². The van der Waals surface area contributed by atoms with Crippen LogP contribution in [0, 0.1) is 11.8 Å². The molecule has 1 aliphatic carbocycles. The number of carbonyl (C=O) groups excluding carboxylic acids is 1. The molecule has 3 atom stereocenters. The first-order chi connectivity index (χ1) is 10.1. The van der Waals surface area contributed by atoms with E-state index in [0.29, 0.717) is 25.0 Å². The molecule has 0 aromatic heterocycles. The van der Waals surface area contributed by atoms with Crippen LogP contribution >= 0.6 is 0 Å². The molecule has 1 N–H and O–H groups in total. The maximum Gasteiger partial charge on any atom is 0.222 e. The largest absolute Gasteiger partial charge is 0.381 e. The van der Waals surface area contributed by atoms with Crippen molar-refractivity contribution in [1.82, 2.24) is 5.32 Å². The van der Waals surface area contributed by atoms with Gasteiger partial charge in [0.15, 0.2) is 0 Å². The van der Waals surface area contributed by atoms with Crippen molar-refractivity contribution in [2.45, 2.75) is 70.9 Å². The summed E-state index contributed by atoms with van der Waals surface area (Å²) in [4.78, 5) is 12.0. The number of hydrogen-bond acceptors (Lipinski definition) is 3. The van der Waals surface area contributed by atoms with Crippen molar-refractivity contribution in [3.05, 3.63) is 0 Å². The average molecular weight is 297 g/mol. The third-order valence-electron chi connectivity index (χ3n) is 4.92. The van der Waals surface area contributed by atoms with Gasteiger partial charge >= 0.3 is 0 Å². The molecule has 2 rings (SSSR count). The van der Waals surface area contributed by atoms with E-state index in [-0.39, 0.29) is 12.0 Å². The van der Waals surface area contributed by atoms with Gasteiger partial charge in [0.2, 0.25) is 5.91 Å². The zero-order valence-corrected chi connectivity index (χ0v) is 13.6. The van der Waals surface area contributed by atoms with Gasteiger partial charge in [-0.05, 0) is 44.4 Å². The second kappa shape index (κ2) is 8.74. The highest BCUT2D eigenvalue weighted by atomic mass is 16.5. The summed E-state index contributed by atoms with van der Waals surface area (Å²) in [7, 11) is 0. The van der Waals surface area contributed by atoms with E-state index in [1.807, 2.05) is 0 Å². The second-order valence-electron chi connectivity index (χ2n) is 6.82. The third-order valence-corrected chi connectivity index (χ3v) is 4.92. The van der Waals surface area contributed by atoms with Crippen LogP contribution in [0.4, 0.5) is 0 Å². The summed E-state index contributed by atoms with van der Waals surface area (Å²) in [6.07, 6.45) is 7.82. The van der Waals surface area contributed by atoms with Crippen molar-refractivity contribution in [3.8, 4) is 0 Å². The van der Waals surface area contributed by atoms with Gasteiger partial charge in [0.1, 0.15) is 0 Å². The smallest absolute Gasteiger partial charge is 0.222 e. The lowest BCUT2D eigenvalue weighted by atomic mass is 9.79. The molecule has 1 aliphatic heterocycles. The Morgan fingerprint density at radius 1 is 1.29 bits per heavy atom. The molecular weight excluding hydrogens is 266 g/mol. The van der Waals surface area contributed by atoms with E-state index in [0.717, 1.165) is 32.0 Å². The lowest BCUT2D eigenvalue weighted by Gasteiger charge is -2.31. The van der Waals surface area contributed by atoms with Gasteiger partial charge in [-0.1, -0.05) is 19.8 Å². The number of amides is 1. The van der Waals surface area contributed by atoms with Gasteiger partial charge in [-0.15, -0.1) is 0 Å². The topological polar surface area (TPSA) is 47.6 Å². The lowest BCUT2D eigenvalue weighted by Crippen LogP contribution is -2.40. The minimum Gasteiger partial charge on any atom is -0.381 e. The fourth-order valence-corrected chi connectivity index (χ4v) is 3.54. The Hall–Kier alpha value is -0.610. The fourth-order valence-electron chi connectivity index (χ4n) is 3.54. The lowest BCUT2D eigenvalue weighted by molar-refractivity contribution is -0.124. The molecular formula is C17H31NO3. The van der Waals surface area contributed by atoms with Gasteiger partial charge in [0.25, 0.3) is 0 Å². The van der Waals surface area contributed by atoms with Crippen molar-refractivity contribution in [2.75, 3.05) is 19.8 Å². The number of rotatable bonds is 6. The minimum atomic E-state index is 0.132. The summed E-state index contributed by atoms with van der Waals surface area (Å²) in [5.41, 5.74) is 0. The van der Waals surface area contributed by atoms with Gasteiger partial charge in [0, 0.05) is 25.7 Å². The summed E-state index contributed by atoms with van der Waals surface area (Å²) in [5.74, 6) is 1.59. The molecule has 1 heterocycles. The van der Waals surface area contributed by atoms with Crippen LogP contribution in [0.3, 0.4) is 0 Å². The maximum absolute atomic E-state index is 12.0. The Morgan fingerprint density at radius 3 is 2.76 bits per heavy atom. The van der Waals surface area contributed by atoms with Gasteiger partial charge in [0.05, 0.1) is 12.7 Å². The van der Waals surface area contributed by atoms with E-state index in [9.17, 15) is 4.79 Å². The third kappa shape index (κ3) is 5.95. The van der Waals surface area contributed by atoms with Crippen LogP contribution < -0.4 is 5.32 Å². The van der Waals surface area contributed by atoms with E-state index < -0.39 is 0 Å². The molecule has 0 aromatic carbocycles. The standard InChI is InChI=1S/C17H31NO3/c1-13-4-3-5-15(12-13)14(2)18-17(19)8-11-21-16-6-9-20-10-7-16/h13-16H,3-12H2,1-2H3,(H,18,19)/t13-,14-,15+/m1/s1. The molecule has 2 fully saturated rings. The van der Waals surface area contributed by atoms with Crippen LogP contribution in [0.2, 0.25) is 0 Å². The quantitative estimate of drug-likeness (QED) is 0.820. The molecule has 1 amide bonds. The molecule has 0 radical (unpaired) electrons. The zero-order chi connectivity index (χ0) is 15.1. The van der Waals surface area contributed by atoms with Crippen LogP contribution in [0.1, 0.15) is 58.8 Å². The normalized spacial score (nSPS) is 29.0. The van der Waals surface area contributed by atoms with Crippen LogP contribution in [0.5, 0.6) is 0 Å². The van der Waals surface area contributed by atoms with Crippen LogP contribution in [0.15, 0.2) is 0 Å². The van der Waals surface area contributed by atoms with E-state index in [1.165, 1.54) is 25.7 Å². The van der Waals surface area contributed by atoms with Gasteiger partial charge in [-0.25, -0.2) is 0 Å². The molecule has 0 bridgehead atoms. The van der Waals surface area contributed by atoms with Crippen LogP contribution in [0.25, 0.3) is 0 Å². The Morgan fingerprint density at radius 2 is 2.05 bits per heavy atom. The molecule has 1 saturated heterocycles. The number of ether oxygens (including phenoxy) is 2. The second-order valence-corrected chi connectivity index (χ2v) is 6.82. The first-order valence-electron chi connectivity index (χ1n) is 8.64. The van der Waals surface area contributed by atoms with Crippen molar-refractivity contribution < 1.29 is 14.3 Å². The van der Waals surface area contributed by atoms with Crippen LogP contribution in [-0.2, 0) is 14.3 Å².